The van der Waals surface area contributed by atoms with Gasteiger partial charge in [-0.1, -0.05) is 23.7 Å². The maximum Gasteiger partial charge on any atom is 0.295 e. The number of nitrogens with one attached hydrogen (secondary N) is 1. The van der Waals surface area contributed by atoms with Crippen LogP contribution >= 0.6 is 11.6 Å². The predicted molar refractivity (Wildman–Crippen MR) is 115 cm³/mol. The zero-order valence-corrected chi connectivity index (χ0v) is 17.9. The van der Waals surface area contributed by atoms with Crippen LogP contribution in [-0.4, -0.2) is 48.0 Å². The third-order valence-electron chi connectivity index (χ3n) is 5.44. The van der Waals surface area contributed by atoms with Crippen LogP contribution in [0.5, 0.6) is 0 Å². The van der Waals surface area contributed by atoms with Crippen LogP contribution in [0.4, 0.5) is 0 Å². The number of aryl methyl sites for hydroxylation is 3. The Morgan fingerprint density at radius 1 is 1.26 bits per heavy atom. The van der Waals surface area contributed by atoms with E-state index in [0.717, 1.165) is 0 Å². The van der Waals surface area contributed by atoms with Crippen molar-refractivity contribution in [3.63, 3.8) is 0 Å². The Morgan fingerprint density at radius 3 is 2.71 bits per heavy atom. The van der Waals surface area contributed by atoms with Gasteiger partial charge in [0.1, 0.15) is 5.76 Å². The normalized spacial score (nSPS) is 18.2. The number of ketones is 1. The Hall–Kier alpha value is -3.39. The van der Waals surface area contributed by atoms with Crippen LogP contribution in [0.3, 0.4) is 0 Å². The highest BCUT2D eigenvalue weighted by atomic mass is 35.5. The third-order valence-corrected chi connectivity index (χ3v) is 5.68. The van der Waals surface area contributed by atoms with E-state index < -0.39 is 17.7 Å². The number of nitrogens with zero attached hydrogens (tertiary/aromatic N) is 4. The number of Topliss-reactive ketones (excluding diaryl/α,β-unsaturated/α-hetero) is 1. The number of hydrogen-bond acceptors (Lipinski definition) is 5. The standard InChI is InChI=1S/C22H22ClN5O3/c1-13-17(14(2)26-25-13)20(29)18-19(15-5-3-6-16(23)11-15)28(22(31)21(18)30)9-4-8-27-10-7-24-12-27/h3,5-7,10-12,19,29H,4,8-9H2,1-2H3,(H,25,26)/b20-18+/t19-/m0/s1. The molecule has 160 valence electrons. The average Bonchev–Trinajstić information content (AvgIpc) is 3.43. The lowest BCUT2D eigenvalue weighted by molar-refractivity contribution is -0.139. The molecule has 1 fully saturated rings. The zero-order chi connectivity index (χ0) is 22.1. The Bertz CT molecular complexity index is 1150. The van der Waals surface area contributed by atoms with E-state index in [0.29, 0.717) is 47.0 Å². The average molecular weight is 440 g/mol. The Labute approximate surface area is 184 Å². The van der Waals surface area contributed by atoms with Crippen molar-refractivity contribution in [1.82, 2.24) is 24.6 Å². The van der Waals surface area contributed by atoms with Gasteiger partial charge in [0.15, 0.2) is 0 Å². The van der Waals surface area contributed by atoms with Gasteiger partial charge in [0.2, 0.25) is 0 Å². The number of aromatic nitrogens is 4. The molecular formula is C22H22ClN5O3. The van der Waals surface area contributed by atoms with Crippen molar-refractivity contribution in [3.05, 3.63) is 76.1 Å². The molecular weight excluding hydrogens is 418 g/mol. The van der Waals surface area contributed by atoms with Crippen molar-refractivity contribution < 1.29 is 14.7 Å². The Balaban J connectivity index is 1.77. The number of likely N-dealkylation sites (tertiary alicyclic amines) is 1. The summed E-state index contributed by atoms with van der Waals surface area (Å²) >= 11 is 6.20. The van der Waals surface area contributed by atoms with Crippen LogP contribution in [0.1, 0.15) is 35.0 Å². The lowest BCUT2D eigenvalue weighted by atomic mass is 9.94. The zero-order valence-electron chi connectivity index (χ0n) is 17.2. The van der Waals surface area contributed by atoms with Gasteiger partial charge in [-0.25, -0.2) is 4.98 Å². The second-order valence-electron chi connectivity index (χ2n) is 7.51. The van der Waals surface area contributed by atoms with Crippen molar-refractivity contribution >= 4 is 29.1 Å². The van der Waals surface area contributed by atoms with Crippen molar-refractivity contribution in [2.45, 2.75) is 32.9 Å². The van der Waals surface area contributed by atoms with Gasteiger partial charge in [0.25, 0.3) is 11.7 Å². The summed E-state index contributed by atoms with van der Waals surface area (Å²) in [6.45, 7) is 4.46. The highest BCUT2D eigenvalue weighted by molar-refractivity contribution is 6.46. The number of amides is 1. The van der Waals surface area contributed by atoms with Gasteiger partial charge < -0.3 is 14.6 Å². The SMILES string of the molecule is Cc1n[nH]c(C)c1/C(O)=C1\C(=O)C(=O)N(CCCn2ccnc2)[C@H]1c1cccc(Cl)c1. The number of hydrogen-bond donors (Lipinski definition) is 2. The van der Waals surface area contributed by atoms with E-state index in [1.807, 2.05) is 10.8 Å². The van der Waals surface area contributed by atoms with Crippen LogP contribution < -0.4 is 0 Å². The maximum atomic E-state index is 13.0. The molecule has 0 aliphatic carbocycles. The van der Waals surface area contributed by atoms with Gasteiger partial charge >= 0.3 is 0 Å². The molecule has 3 heterocycles. The van der Waals surface area contributed by atoms with Crippen molar-refractivity contribution in [3.8, 4) is 0 Å². The first-order chi connectivity index (χ1) is 14.9. The number of halogens is 1. The van der Waals surface area contributed by atoms with E-state index in [2.05, 4.69) is 15.2 Å². The summed E-state index contributed by atoms with van der Waals surface area (Å²) in [6, 6.07) is 6.25. The predicted octanol–water partition coefficient (Wildman–Crippen LogP) is 3.39. The molecule has 8 nitrogen and oxygen atoms in total. The van der Waals surface area contributed by atoms with Gasteiger partial charge in [0, 0.05) is 36.2 Å². The summed E-state index contributed by atoms with van der Waals surface area (Å²) in [6.07, 6.45) is 5.85. The number of benzene rings is 1. The molecule has 4 rings (SSSR count). The van der Waals surface area contributed by atoms with E-state index in [9.17, 15) is 14.7 Å². The first-order valence-corrected chi connectivity index (χ1v) is 10.3. The number of rotatable bonds is 6. The monoisotopic (exact) mass is 439 g/mol. The third kappa shape index (κ3) is 3.86. The number of aliphatic hydroxyl groups is 1. The number of carbonyl (C=O) groups excluding carboxylic acids is 2. The van der Waals surface area contributed by atoms with E-state index >= 15 is 0 Å². The molecule has 2 aromatic heterocycles. The molecule has 0 radical (unpaired) electrons. The highest BCUT2D eigenvalue weighted by Gasteiger charge is 2.46. The second-order valence-corrected chi connectivity index (χ2v) is 7.95. The number of H-pyrrole nitrogens is 1. The molecule has 3 aromatic rings. The summed E-state index contributed by atoms with van der Waals surface area (Å²) in [5, 5.41) is 18.5. The lowest BCUT2D eigenvalue weighted by Crippen LogP contribution is -2.31. The van der Waals surface area contributed by atoms with Crippen LogP contribution in [0.15, 0.2) is 48.6 Å². The molecule has 2 N–H and O–H groups in total. The molecule has 0 spiro atoms. The van der Waals surface area contributed by atoms with Crippen LogP contribution in [0.2, 0.25) is 5.02 Å². The summed E-state index contributed by atoms with van der Waals surface area (Å²) < 4.78 is 1.91. The summed E-state index contributed by atoms with van der Waals surface area (Å²) in [5.74, 6) is -1.59. The fourth-order valence-corrected chi connectivity index (χ4v) is 4.21. The number of carbonyl (C=O) groups is 2. The topological polar surface area (TPSA) is 104 Å². The molecule has 1 amide bonds. The molecule has 9 heteroatoms. The summed E-state index contributed by atoms with van der Waals surface area (Å²) in [5.41, 5.74) is 2.30. The minimum atomic E-state index is -0.741. The van der Waals surface area contributed by atoms with Crippen LogP contribution in [0, 0.1) is 13.8 Å². The number of imidazole rings is 1. The fraction of sp³-hybridized carbons (Fsp3) is 0.273. The molecule has 1 saturated heterocycles. The summed E-state index contributed by atoms with van der Waals surface area (Å²) in [4.78, 5) is 31.5. The van der Waals surface area contributed by atoms with Gasteiger partial charge in [-0.3, -0.25) is 14.7 Å². The van der Waals surface area contributed by atoms with Gasteiger partial charge in [-0.15, -0.1) is 0 Å². The largest absolute Gasteiger partial charge is 0.507 e. The Kier molecular flexibility index (Phi) is 5.65. The highest BCUT2D eigenvalue weighted by Crippen LogP contribution is 2.40. The lowest BCUT2D eigenvalue weighted by Gasteiger charge is -2.25. The van der Waals surface area contributed by atoms with E-state index in [-0.39, 0.29) is 11.3 Å². The molecule has 1 atom stereocenters. The second kappa shape index (κ2) is 8.39. The van der Waals surface area contributed by atoms with Gasteiger partial charge in [0.05, 0.1) is 29.2 Å². The van der Waals surface area contributed by atoms with E-state index in [1.165, 1.54) is 4.90 Å². The maximum absolute atomic E-state index is 13.0. The minimum absolute atomic E-state index is 0.0440. The first-order valence-electron chi connectivity index (χ1n) is 9.90. The van der Waals surface area contributed by atoms with E-state index in [4.69, 9.17) is 11.6 Å². The van der Waals surface area contributed by atoms with Crippen molar-refractivity contribution in [2.24, 2.45) is 0 Å². The molecule has 0 saturated carbocycles. The number of aromatic amines is 1. The van der Waals surface area contributed by atoms with Crippen molar-refractivity contribution in [2.75, 3.05) is 6.54 Å². The van der Waals surface area contributed by atoms with Gasteiger partial charge in [-0.2, -0.15) is 5.10 Å². The molecule has 1 aliphatic heterocycles. The first kappa shape index (κ1) is 20.9. The molecule has 31 heavy (non-hydrogen) atoms. The smallest absolute Gasteiger partial charge is 0.295 e. The van der Waals surface area contributed by atoms with Crippen LogP contribution in [0.25, 0.3) is 5.76 Å². The molecule has 1 aromatic carbocycles. The quantitative estimate of drug-likeness (QED) is 0.348. The summed E-state index contributed by atoms with van der Waals surface area (Å²) in [7, 11) is 0. The molecule has 0 unspecified atom stereocenters. The van der Waals surface area contributed by atoms with Crippen LogP contribution in [-0.2, 0) is 16.1 Å². The molecule has 1 aliphatic rings. The van der Waals surface area contributed by atoms with Gasteiger partial charge in [-0.05, 0) is 38.0 Å². The fourth-order valence-electron chi connectivity index (χ4n) is 4.01. The number of aliphatic hydroxyl groups excluding tert-OH is 1. The minimum Gasteiger partial charge on any atom is -0.507 e. The molecule has 0 bridgehead atoms. The van der Waals surface area contributed by atoms with E-state index in [1.54, 1.807) is 50.6 Å². The van der Waals surface area contributed by atoms with Crippen molar-refractivity contribution in [1.29, 1.82) is 0 Å². The Morgan fingerprint density at radius 2 is 2.06 bits per heavy atom.